The minimum atomic E-state index is -0.282. The first-order chi connectivity index (χ1) is 6.85. The lowest BCUT2D eigenvalue weighted by atomic mass is 9.78. The Hall–Kier alpha value is -1.47. The molecule has 2 rings (SSSR count). The summed E-state index contributed by atoms with van der Waals surface area (Å²) in [5.41, 5.74) is 0.740. The maximum atomic E-state index is 8.97. The molecule has 14 heavy (non-hydrogen) atoms. The van der Waals surface area contributed by atoms with Crippen molar-refractivity contribution in [1.82, 2.24) is 15.3 Å². The Morgan fingerprint density at radius 2 is 2.14 bits per heavy atom. The van der Waals surface area contributed by atoms with Crippen molar-refractivity contribution in [3.05, 3.63) is 24.3 Å². The molecule has 1 heterocycles. The van der Waals surface area contributed by atoms with Crippen LogP contribution in [0.2, 0.25) is 0 Å². The third-order valence-electron chi connectivity index (χ3n) is 2.67. The summed E-state index contributed by atoms with van der Waals surface area (Å²) in [6, 6.07) is 2.33. The molecule has 0 amide bonds. The van der Waals surface area contributed by atoms with E-state index in [4.69, 9.17) is 5.26 Å². The zero-order valence-corrected chi connectivity index (χ0v) is 7.90. The van der Waals surface area contributed by atoms with Crippen LogP contribution in [-0.2, 0) is 6.54 Å². The molecule has 0 atom stereocenters. The summed E-state index contributed by atoms with van der Waals surface area (Å²) < 4.78 is 0. The first kappa shape index (κ1) is 9.10. The Morgan fingerprint density at radius 3 is 2.64 bits per heavy atom. The Kier molecular flexibility index (Phi) is 2.42. The van der Waals surface area contributed by atoms with Crippen LogP contribution < -0.4 is 5.32 Å². The van der Waals surface area contributed by atoms with Gasteiger partial charge in [-0.1, -0.05) is 0 Å². The minimum Gasteiger partial charge on any atom is -0.295 e. The molecule has 0 unspecified atom stereocenters. The quantitative estimate of drug-likeness (QED) is 0.769. The lowest BCUT2D eigenvalue weighted by Crippen LogP contribution is -2.49. The highest BCUT2D eigenvalue weighted by Gasteiger charge is 2.36. The number of hydrogen-bond acceptors (Lipinski definition) is 4. The molecule has 1 aromatic rings. The fraction of sp³-hybridized carbons (Fsp3) is 0.500. The molecule has 0 bridgehead atoms. The van der Waals surface area contributed by atoms with Gasteiger partial charge in [0.1, 0.15) is 11.9 Å². The smallest absolute Gasteiger partial charge is 0.115 e. The number of nitrogens with one attached hydrogen (secondary N) is 1. The van der Waals surface area contributed by atoms with E-state index in [0.29, 0.717) is 6.54 Å². The first-order valence-corrected chi connectivity index (χ1v) is 4.75. The van der Waals surface area contributed by atoms with Gasteiger partial charge in [-0.05, 0) is 19.3 Å². The van der Waals surface area contributed by atoms with E-state index < -0.39 is 0 Å². The van der Waals surface area contributed by atoms with Gasteiger partial charge in [0.05, 0.1) is 6.07 Å². The number of aromatic nitrogens is 2. The van der Waals surface area contributed by atoms with Gasteiger partial charge in [-0.3, -0.25) is 5.32 Å². The van der Waals surface area contributed by atoms with Crippen LogP contribution in [0.15, 0.2) is 18.7 Å². The van der Waals surface area contributed by atoms with Crippen molar-refractivity contribution < 1.29 is 0 Å². The second-order valence-electron chi connectivity index (χ2n) is 3.65. The molecule has 0 saturated heterocycles. The molecular formula is C10H12N4. The molecule has 1 aliphatic rings. The number of nitriles is 1. The molecule has 0 aliphatic heterocycles. The van der Waals surface area contributed by atoms with Crippen LogP contribution >= 0.6 is 0 Å². The zero-order valence-electron chi connectivity index (χ0n) is 7.90. The van der Waals surface area contributed by atoms with E-state index in [2.05, 4.69) is 21.4 Å². The monoisotopic (exact) mass is 188 g/mol. The fourth-order valence-electron chi connectivity index (χ4n) is 1.55. The van der Waals surface area contributed by atoms with Crippen molar-refractivity contribution in [3.8, 4) is 6.07 Å². The van der Waals surface area contributed by atoms with Crippen molar-refractivity contribution in [2.24, 2.45) is 0 Å². The summed E-state index contributed by atoms with van der Waals surface area (Å²) in [6.07, 6.45) is 8.10. The van der Waals surface area contributed by atoms with Crippen molar-refractivity contribution in [2.45, 2.75) is 31.3 Å². The highest BCUT2D eigenvalue weighted by Crippen LogP contribution is 2.31. The topological polar surface area (TPSA) is 61.6 Å². The highest BCUT2D eigenvalue weighted by atomic mass is 15.0. The molecular weight excluding hydrogens is 176 g/mol. The molecule has 1 aromatic heterocycles. The average molecular weight is 188 g/mol. The van der Waals surface area contributed by atoms with Crippen molar-refractivity contribution in [3.63, 3.8) is 0 Å². The molecule has 4 nitrogen and oxygen atoms in total. The summed E-state index contributed by atoms with van der Waals surface area (Å²) in [7, 11) is 0. The fourth-order valence-corrected chi connectivity index (χ4v) is 1.55. The lowest BCUT2D eigenvalue weighted by Gasteiger charge is -2.36. The summed E-state index contributed by atoms with van der Waals surface area (Å²) in [5.74, 6) is 0. The van der Waals surface area contributed by atoms with E-state index in [1.54, 1.807) is 12.4 Å². The molecule has 1 saturated carbocycles. The molecule has 4 heteroatoms. The molecule has 0 radical (unpaired) electrons. The SMILES string of the molecule is N#CC1(NCc2cncnc2)CCC1. The Labute approximate surface area is 83.0 Å². The molecule has 0 aromatic carbocycles. The Bertz CT molecular complexity index is 337. The molecule has 72 valence electrons. The molecule has 1 fully saturated rings. The van der Waals surface area contributed by atoms with Crippen molar-refractivity contribution >= 4 is 0 Å². The Balaban J connectivity index is 1.92. The number of nitrogens with zero attached hydrogens (tertiary/aromatic N) is 3. The third kappa shape index (κ3) is 1.73. The number of hydrogen-bond donors (Lipinski definition) is 1. The van der Waals surface area contributed by atoms with Crippen LogP contribution in [0.1, 0.15) is 24.8 Å². The van der Waals surface area contributed by atoms with Crippen LogP contribution in [0.3, 0.4) is 0 Å². The van der Waals surface area contributed by atoms with Crippen LogP contribution in [-0.4, -0.2) is 15.5 Å². The van der Waals surface area contributed by atoms with Crippen molar-refractivity contribution in [1.29, 1.82) is 5.26 Å². The third-order valence-corrected chi connectivity index (χ3v) is 2.67. The maximum absolute atomic E-state index is 8.97. The zero-order chi connectivity index (χ0) is 9.86. The van der Waals surface area contributed by atoms with Gasteiger partial charge in [0.15, 0.2) is 0 Å². The van der Waals surface area contributed by atoms with Gasteiger partial charge in [0.25, 0.3) is 0 Å². The molecule has 1 N–H and O–H groups in total. The van der Waals surface area contributed by atoms with Crippen LogP contribution in [0.4, 0.5) is 0 Å². The largest absolute Gasteiger partial charge is 0.295 e. The van der Waals surface area contributed by atoms with Gasteiger partial charge in [-0.2, -0.15) is 5.26 Å². The van der Waals surface area contributed by atoms with E-state index in [-0.39, 0.29) is 5.54 Å². The van der Waals surface area contributed by atoms with Gasteiger partial charge in [-0.15, -0.1) is 0 Å². The van der Waals surface area contributed by atoms with Gasteiger partial charge < -0.3 is 0 Å². The predicted molar refractivity (Wildman–Crippen MR) is 51.1 cm³/mol. The summed E-state index contributed by atoms with van der Waals surface area (Å²) in [4.78, 5) is 7.84. The predicted octanol–water partition coefficient (Wildman–Crippen LogP) is 1.01. The van der Waals surface area contributed by atoms with E-state index >= 15 is 0 Å². The second-order valence-corrected chi connectivity index (χ2v) is 3.65. The first-order valence-electron chi connectivity index (χ1n) is 4.75. The van der Waals surface area contributed by atoms with E-state index in [0.717, 1.165) is 24.8 Å². The summed E-state index contributed by atoms with van der Waals surface area (Å²) >= 11 is 0. The standard InChI is InChI=1S/C10H12N4/c11-7-10(2-1-3-10)14-6-9-4-12-8-13-5-9/h4-5,8,14H,1-3,6H2. The second kappa shape index (κ2) is 3.72. The van der Waals surface area contributed by atoms with Gasteiger partial charge in [0.2, 0.25) is 0 Å². The van der Waals surface area contributed by atoms with Crippen molar-refractivity contribution in [2.75, 3.05) is 0 Å². The maximum Gasteiger partial charge on any atom is 0.115 e. The van der Waals surface area contributed by atoms with Crippen LogP contribution in [0.5, 0.6) is 0 Å². The van der Waals surface area contributed by atoms with E-state index in [1.807, 2.05) is 0 Å². The minimum absolute atomic E-state index is 0.282. The van der Waals surface area contributed by atoms with Gasteiger partial charge in [0, 0.05) is 24.5 Å². The summed E-state index contributed by atoms with van der Waals surface area (Å²) in [5, 5.41) is 12.2. The summed E-state index contributed by atoms with van der Waals surface area (Å²) in [6.45, 7) is 0.675. The molecule has 0 spiro atoms. The molecule has 1 aliphatic carbocycles. The highest BCUT2D eigenvalue weighted by molar-refractivity contribution is 5.14. The van der Waals surface area contributed by atoms with E-state index in [9.17, 15) is 0 Å². The van der Waals surface area contributed by atoms with Crippen LogP contribution in [0.25, 0.3) is 0 Å². The number of rotatable bonds is 3. The Morgan fingerprint density at radius 1 is 1.43 bits per heavy atom. The average Bonchev–Trinajstić information content (AvgIpc) is 2.19. The van der Waals surface area contributed by atoms with Gasteiger partial charge >= 0.3 is 0 Å². The normalized spacial score (nSPS) is 18.2. The van der Waals surface area contributed by atoms with Gasteiger partial charge in [-0.25, -0.2) is 9.97 Å². The lowest BCUT2D eigenvalue weighted by molar-refractivity contribution is 0.252. The van der Waals surface area contributed by atoms with E-state index in [1.165, 1.54) is 6.33 Å². The van der Waals surface area contributed by atoms with Crippen LogP contribution in [0, 0.1) is 11.3 Å².